The Morgan fingerprint density at radius 2 is 2.26 bits per heavy atom. The largest absolute Gasteiger partial charge is 0.494 e. The molecule has 1 aromatic carbocycles. The van der Waals surface area contributed by atoms with Crippen molar-refractivity contribution in [1.29, 1.82) is 0 Å². The topological polar surface area (TPSA) is 47.1 Å². The fraction of sp³-hybridized carbons (Fsp3) is 0.462. The van der Waals surface area contributed by atoms with E-state index in [1.807, 2.05) is 25.1 Å². The zero-order chi connectivity index (χ0) is 13.5. The van der Waals surface area contributed by atoms with Crippen LogP contribution in [0.4, 0.5) is 0 Å². The third-order valence-corrected chi connectivity index (χ3v) is 3.46. The summed E-state index contributed by atoms with van der Waals surface area (Å²) in [5.74, 6) is 2.51. The number of rotatable bonds is 8. The van der Waals surface area contributed by atoms with E-state index in [-0.39, 0.29) is 0 Å². The summed E-state index contributed by atoms with van der Waals surface area (Å²) in [6.07, 6.45) is 0. The molecule has 4 nitrogen and oxygen atoms in total. The highest BCUT2D eigenvalue weighted by molar-refractivity contribution is 7.99. The molecule has 0 saturated heterocycles. The predicted octanol–water partition coefficient (Wildman–Crippen LogP) is 3.00. The fourth-order valence-electron chi connectivity index (χ4n) is 1.65. The molecular weight excluding hydrogens is 280 g/mol. The van der Waals surface area contributed by atoms with Crippen molar-refractivity contribution in [2.45, 2.75) is 12.1 Å². The lowest BCUT2D eigenvalue weighted by Gasteiger charge is -2.00. The van der Waals surface area contributed by atoms with Crippen LogP contribution in [0.15, 0.2) is 23.4 Å². The summed E-state index contributed by atoms with van der Waals surface area (Å²) in [4.78, 5) is 7.80. The number of nitrogens with zero attached hydrogens (tertiary/aromatic N) is 1. The minimum Gasteiger partial charge on any atom is -0.494 e. The smallest absolute Gasteiger partial charge is 0.166 e. The molecule has 2 rings (SSSR count). The number of aromatic amines is 1. The van der Waals surface area contributed by atoms with Crippen molar-refractivity contribution in [3.05, 3.63) is 18.2 Å². The van der Waals surface area contributed by atoms with Gasteiger partial charge in [0.05, 0.1) is 30.9 Å². The molecule has 0 radical (unpaired) electrons. The Morgan fingerprint density at radius 1 is 1.37 bits per heavy atom. The monoisotopic (exact) mass is 298 g/mol. The van der Waals surface area contributed by atoms with Crippen LogP contribution in [0.2, 0.25) is 0 Å². The average Bonchev–Trinajstić information content (AvgIpc) is 2.81. The lowest BCUT2D eigenvalue weighted by atomic mass is 10.3. The van der Waals surface area contributed by atoms with E-state index >= 15 is 0 Å². The third kappa shape index (κ3) is 4.33. The Bertz CT molecular complexity index is 516. The van der Waals surface area contributed by atoms with Crippen LogP contribution in [0.25, 0.3) is 11.0 Å². The van der Waals surface area contributed by atoms with E-state index in [0.29, 0.717) is 19.8 Å². The number of aromatic nitrogens is 2. The SMILES string of the molecule is CCOc1ccc2nc(SCCOCCS)[nH]c2c1. The first kappa shape index (κ1) is 14.6. The fourth-order valence-corrected chi connectivity index (χ4v) is 2.52. The molecule has 1 N–H and O–H groups in total. The van der Waals surface area contributed by atoms with Gasteiger partial charge in [-0.05, 0) is 19.1 Å². The quantitative estimate of drug-likeness (QED) is 0.447. The molecule has 0 atom stereocenters. The van der Waals surface area contributed by atoms with E-state index in [4.69, 9.17) is 9.47 Å². The van der Waals surface area contributed by atoms with Gasteiger partial charge in [0.1, 0.15) is 5.75 Å². The van der Waals surface area contributed by atoms with Crippen LogP contribution < -0.4 is 4.74 Å². The summed E-state index contributed by atoms with van der Waals surface area (Å²) in [5.41, 5.74) is 1.96. The van der Waals surface area contributed by atoms with E-state index in [9.17, 15) is 0 Å². The summed E-state index contributed by atoms with van der Waals surface area (Å²) in [6, 6.07) is 5.89. The van der Waals surface area contributed by atoms with Gasteiger partial charge in [-0.1, -0.05) is 11.8 Å². The van der Waals surface area contributed by atoms with Gasteiger partial charge in [0.15, 0.2) is 5.16 Å². The van der Waals surface area contributed by atoms with Gasteiger partial charge >= 0.3 is 0 Å². The van der Waals surface area contributed by atoms with Crippen molar-refractivity contribution in [2.24, 2.45) is 0 Å². The van der Waals surface area contributed by atoms with Crippen molar-refractivity contribution in [2.75, 3.05) is 31.3 Å². The van der Waals surface area contributed by atoms with E-state index in [1.165, 1.54) is 0 Å². The number of H-pyrrole nitrogens is 1. The zero-order valence-corrected chi connectivity index (χ0v) is 12.6. The third-order valence-electron chi connectivity index (χ3n) is 2.44. The summed E-state index contributed by atoms with van der Waals surface area (Å²) in [5, 5.41) is 0.915. The van der Waals surface area contributed by atoms with Gasteiger partial charge in [-0.25, -0.2) is 4.98 Å². The molecule has 0 bridgehead atoms. The number of imidazole rings is 1. The molecule has 2 aromatic rings. The van der Waals surface area contributed by atoms with Gasteiger partial charge in [-0.2, -0.15) is 12.6 Å². The summed E-state index contributed by atoms with van der Waals surface area (Å²) in [6.45, 7) is 4.06. The highest BCUT2D eigenvalue weighted by Gasteiger charge is 2.04. The van der Waals surface area contributed by atoms with Crippen LogP contribution in [0.5, 0.6) is 5.75 Å². The number of hydrogen-bond acceptors (Lipinski definition) is 5. The number of hydrogen-bond donors (Lipinski definition) is 2. The number of ether oxygens (including phenoxy) is 2. The van der Waals surface area contributed by atoms with Crippen LogP contribution in [-0.2, 0) is 4.74 Å². The molecule has 1 heterocycles. The molecule has 19 heavy (non-hydrogen) atoms. The van der Waals surface area contributed by atoms with E-state index in [2.05, 4.69) is 22.6 Å². The lowest BCUT2D eigenvalue weighted by molar-refractivity contribution is 0.167. The highest BCUT2D eigenvalue weighted by Crippen LogP contribution is 2.23. The second kappa shape index (κ2) is 7.67. The standard InChI is InChI=1S/C13H18N2O2S2/c1-2-17-10-3-4-11-12(9-10)15-13(14-11)19-8-6-16-5-7-18/h3-4,9,18H,2,5-8H2,1H3,(H,14,15). The second-order valence-electron chi connectivity index (χ2n) is 3.84. The lowest BCUT2D eigenvalue weighted by Crippen LogP contribution is -2.00. The Balaban J connectivity index is 1.93. The summed E-state index contributed by atoms with van der Waals surface area (Å²) in [7, 11) is 0. The van der Waals surface area contributed by atoms with E-state index in [0.717, 1.165) is 33.4 Å². The number of fused-ring (bicyclic) bond motifs is 1. The number of benzene rings is 1. The Kier molecular flexibility index (Phi) is 5.88. The summed E-state index contributed by atoms with van der Waals surface area (Å²) >= 11 is 5.75. The van der Waals surface area contributed by atoms with Crippen molar-refractivity contribution in [1.82, 2.24) is 9.97 Å². The predicted molar refractivity (Wildman–Crippen MR) is 82.7 cm³/mol. The summed E-state index contributed by atoms with van der Waals surface area (Å²) < 4.78 is 10.8. The van der Waals surface area contributed by atoms with Gasteiger partial charge in [0, 0.05) is 17.6 Å². The first-order chi connectivity index (χ1) is 9.33. The molecule has 0 aliphatic rings. The van der Waals surface area contributed by atoms with Gasteiger partial charge in [-0.15, -0.1) is 0 Å². The molecule has 1 aromatic heterocycles. The first-order valence-corrected chi connectivity index (χ1v) is 7.89. The molecule has 0 saturated carbocycles. The Morgan fingerprint density at radius 3 is 3.05 bits per heavy atom. The Labute approximate surface area is 122 Å². The average molecular weight is 298 g/mol. The first-order valence-electron chi connectivity index (χ1n) is 6.27. The van der Waals surface area contributed by atoms with Crippen LogP contribution in [-0.4, -0.2) is 41.3 Å². The molecular formula is C13H18N2O2S2. The number of thioether (sulfide) groups is 1. The van der Waals surface area contributed by atoms with Crippen LogP contribution in [0, 0.1) is 0 Å². The van der Waals surface area contributed by atoms with Crippen molar-refractivity contribution in [3.63, 3.8) is 0 Å². The van der Waals surface area contributed by atoms with Crippen molar-refractivity contribution in [3.8, 4) is 5.75 Å². The highest BCUT2D eigenvalue weighted by atomic mass is 32.2. The molecule has 0 fully saturated rings. The molecule has 6 heteroatoms. The second-order valence-corrected chi connectivity index (χ2v) is 5.37. The van der Waals surface area contributed by atoms with Crippen molar-refractivity contribution >= 4 is 35.4 Å². The maximum atomic E-state index is 5.47. The van der Waals surface area contributed by atoms with Crippen LogP contribution >= 0.6 is 24.4 Å². The van der Waals surface area contributed by atoms with Crippen LogP contribution in [0.3, 0.4) is 0 Å². The molecule has 0 amide bonds. The van der Waals surface area contributed by atoms with Gasteiger partial charge in [-0.3, -0.25) is 0 Å². The van der Waals surface area contributed by atoms with Gasteiger partial charge in [0.2, 0.25) is 0 Å². The zero-order valence-electron chi connectivity index (χ0n) is 10.9. The van der Waals surface area contributed by atoms with Crippen molar-refractivity contribution < 1.29 is 9.47 Å². The minimum atomic E-state index is 0.670. The normalized spacial score (nSPS) is 11.1. The van der Waals surface area contributed by atoms with E-state index < -0.39 is 0 Å². The molecule has 0 unspecified atom stereocenters. The number of thiol groups is 1. The van der Waals surface area contributed by atoms with E-state index in [1.54, 1.807) is 11.8 Å². The van der Waals surface area contributed by atoms with Gasteiger partial charge in [0.25, 0.3) is 0 Å². The maximum absolute atomic E-state index is 5.47. The number of nitrogens with one attached hydrogen (secondary N) is 1. The van der Waals surface area contributed by atoms with Crippen LogP contribution in [0.1, 0.15) is 6.92 Å². The maximum Gasteiger partial charge on any atom is 0.166 e. The molecule has 0 aliphatic carbocycles. The Hall–Kier alpha value is -0.850. The minimum absolute atomic E-state index is 0.670. The molecule has 0 aliphatic heterocycles. The molecule has 0 spiro atoms. The van der Waals surface area contributed by atoms with Gasteiger partial charge < -0.3 is 14.5 Å². The molecule has 104 valence electrons.